The molecule has 0 spiro atoms. The maximum atomic E-state index is 13.3. The van der Waals surface area contributed by atoms with Crippen molar-refractivity contribution in [1.82, 2.24) is 4.90 Å². The van der Waals surface area contributed by atoms with Crippen LogP contribution in [0.2, 0.25) is 0 Å². The van der Waals surface area contributed by atoms with E-state index in [0.29, 0.717) is 11.4 Å². The second-order valence-electron chi connectivity index (χ2n) is 9.83. The van der Waals surface area contributed by atoms with Crippen LogP contribution in [0.25, 0.3) is 0 Å². The molecule has 0 heterocycles. The normalized spacial score (nSPS) is 12.6. The molecule has 0 saturated heterocycles. The molecule has 0 fully saturated rings. The van der Waals surface area contributed by atoms with Crippen LogP contribution < -0.4 is 10.1 Å². The van der Waals surface area contributed by atoms with Gasteiger partial charge in [0.1, 0.15) is 12.4 Å². The quantitative estimate of drug-likeness (QED) is 0.174. The number of ether oxygens (including phenoxy) is 2. The van der Waals surface area contributed by atoms with E-state index in [4.69, 9.17) is 9.47 Å². The Hall–Kier alpha value is -3.41. The minimum absolute atomic E-state index is 0.0219. The van der Waals surface area contributed by atoms with Gasteiger partial charge in [-0.3, -0.25) is 0 Å². The number of nitrogens with zero attached hydrogens (tertiary/aromatic N) is 1. The number of alkyl halides is 5. The fraction of sp³-hybridized carbons (Fsp3) is 0.517. The number of unbranched alkanes of at least 4 members (excludes halogenated alkanes) is 1. The number of carbonyl (C=O) groups excluding carboxylic acids is 1. The second-order valence-corrected chi connectivity index (χ2v) is 9.83. The van der Waals surface area contributed by atoms with E-state index in [2.05, 4.69) is 5.32 Å². The molecule has 2 N–H and O–H groups in total. The van der Waals surface area contributed by atoms with Crippen molar-refractivity contribution in [1.29, 1.82) is 0 Å². The molecular weight excluding hydrogens is 551 g/mol. The number of aryl methyl sites for hydroxylation is 3. The summed E-state index contributed by atoms with van der Waals surface area (Å²) in [4.78, 5) is 25.7. The molecule has 0 aliphatic heterocycles. The van der Waals surface area contributed by atoms with E-state index in [9.17, 15) is 36.6 Å². The number of amides is 2. The Morgan fingerprint density at radius 2 is 1.59 bits per heavy atom. The topological polar surface area (TPSA) is 88.1 Å². The third-order valence-electron chi connectivity index (χ3n) is 6.40. The van der Waals surface area contributed by atoms with Crippen molar-refractivity contribution in [2.45, 2.75) is 71.6 Å². The Kier molecular flexibility index (Phi) is 12.4. The van der Waals surface area contributed by atoms with Crippen molar-refractivity contribution in [2.75, 3.05) is 31.6 Å². The lowest BCUT2D eigenvalue weighted by Crippen LogP contribution is -2.39. The molecule has 7 nitrogen and oxygen atoms in total. The fourth-order valence-corrected chi connectivity index (χ4v) is 4.30. The smallest absolute Gasteiger partial charge is 0.453 e. The van der Waals surface area contributed by atoms with Gasteiger partial charge in [0.25, 0.3) is 0 Å². The number of halogens is 5. The summed E-state index contributed by atoms with van der Waals surface area (Å²) >= 11 is 0. The van der Waals surface area contributed by atoms with E-state index in [0.717, 1.165) is 22.3 Å². The zero-order valence-electron chi connectivity index (χ0n) is 23.6. The fourth-order valence-electron chi connectivity index (χ4n) is 4.30. The third-order valence-corrected chi connectivity index (χ3v) is 6.40. The number of hydrogen-bond acceptors (Lipinski definition) is 4. The van der Waals surface area contributed by atoms with Gasteiger partial charge in [-0.05, 0) is 69.4 Å². The van der Waals surface area contributed by atoms with E-state index in [1.165, 1.54) is 4.90 Å². The number of hydrogen-bond donors (Lipinski definition) is 2. The van der Waals surface area contributed by atoms with Crippen molar-refractivity contribution in [2.24, 2.45) is 0 Å². The molecule has 1 unspecified atom stereocenters. The van der Waals surface area contributed by atoms with Crippen LogP contribution in [0.1, 0.15) is 48.4 Å². The average Bonchev–Trinajstić information content (AvgIpc) is 2.87. The summed E-state index contributed by atoms with van der Waals surface area (Å²) in [5, 5.41) is 12.1. The standard InChI is InChI=1S/C29H37F5N2O5/c1-5-40-24(26(37)38)18-22-8-10-23(11-9-22)41-15-14-36(13-7-6-12-28(30,31)29(32,33)34)27(39)35-25-20(3)16-19(2)17-21(25)4/h8-11,16-17,24H,5-7,12-15,18H2,1-4H3,(H,35,39)(H,37,38). The van der Waals surface area contributed by atoms with Gasteiger partial charge in [0, 0.05) is 31.7 Å². The maximum absolute atomic E-state index is 13.3. The number of carboxylic acid groups (broad SMARTS) is 1. The number of anilines is 1. The molecule has 2 aromatic rings. The van der Waals surface area contributed by atoms with Gasteiger partial charge in [-0.15, -0.1) is 0 Å². The minimum atomic E-state index is -5.62. The highest BCUT2D eigenvalue weighted by Crippen LogP contribution is 2.39. The summed E-state index contributed by atoms with van der Waals surface area (Å²) in [6.07, 6.45) is -8.29. The maximum Gasteiger partial charge on any atom is 0.453 e. The molecule has 0 bridgehead atoms. The molecule has 0 saturated carbocycles. The largest absolute Gasteiger partial charge is 0.492 e. The van der Waals surface area contributed by atoms with Crippen molar-refractivity contribution < 1.29 is 46.1 Å². The Labute approximate surface area is 236 Å². The first-order valence-electron chi connectivity index (χ1n) is 13.3. The van der Waals surface area contributed by atoms with Crippen LogP contribution >= 0.6 is 0 Å². The Bertz CT molecular complexity index is 1130. The van der Waals surface area contributed by atoms with Crippen LogP contribution in [0, 0.1) is 20.8 Å². The first-order valence-corrected chi connectivity index (χ1v) is 13.3. The molecule has 0 aliphatic rings. The Morgan fingerprint density at radius 1 is 0.976 bits per heavy atom. The van der Waals surface area contributed by atoms with Gasteiger partial charge >= 0.3 is 24.1 Å². The zero-order chi connectivity index (χ0) is 30.8. The highest BCUT2D eigenvalue weighted by molar-refractivity contribution is 5.91. The second kappa shape index (κ2) is 15.0. The SMILES string of the molecule is CCOC(Cc1ccc(OCCN(CCCCC(F)(F)C(F)(F)F)C(=O)Nc2c(C)cc(C)cc2C)cc1)C(=O)O. The Morgan fingerprint density at radius 3 is 2.12 bits per heavy atom. The van der Waals surface area contributed by atoms with Crippen LogP contribution in [0.3, 0.4) is 0 Å². The highest BCUT2D eigenvalue weighted by Gasteiger charge is 2.56. The molecule has 228 valence electrons. The summed E-state index contributed by atoms with van der Waals surface area (Å²) in [5.74, 6) is -5.41. The van der Waals surface area contributed by atoms with Crippen LogP contribution in [-0.2, 0) is 16.0 Å². The lowest BCUT2D eigenvalue weighted by atomic mass is 10.1. The van der Waals surface area contributed by atoms with Crippen LogP contribution in [0.4, 0.5) is 32.4 Å². The van der Waals surface area contributed by atoms with Crippen LogP contribution in [0.15, 0.2) is 36.4 Å². The van der Waals surface area contributed by atoms with Gasteiger partial charge in [0.15, 0.2) is 6.10 Å². The van der Waals surface area contributed by atoms with Crippen LogP contribution in [0.5, 0.6) is 5.75 Å². The van der Waals surface area contributed by atoms with Gasteiger partial charge < -0.3 is 24.8 Å². The molecule has 2 rings (SSSR count). The minimum Gasteiger partial charge on any atom is -0.492 e. The third kappa shape index (κ3) is 10.5. The number of nitrogens with one attached hydrogen (secondary N) is 1. The monoisotopic (exact) mass is 588 g/mol. The van der Waals surface area contributed by atoms with E-state index in [-0.39, 0.29) is 39.1 Å². The molecule has 1 atom stereocenters. The summed E-state index contributed by atoms with van der Waals surface area (Å²) in [6, 6.07) is 9.93. The average molecular weight is 589 g/mol. The van der Waals surface area contributed by atoms with Gasteiger partial charge in [-0.2, -0.15) is 22.0 Å². The zero-order valence-corrected chi connectivity index (χ0v) is 23.6. The molecular formula is C29H37F5N2O5. The van der Waals surface area contributed by atoms with Gasteiger partial charge in [-0.25, -0.2) is 9.59 Å². The summed E-state index contributed by atoms with van der Waals surface area (Å²) in [6.45, 7) is 7.56. The van der Waals surface area contributed by atoms with E-state index < -0.39 is 43.0 Å². The molecule has 0 aliphatic carbocycles. The summed E-state index contributed by atoms with van der Waals surface area (Å²) < 4.78 is 75.1. The van der Waals surface area contributed by atoms with E-state index >= 15 is 0 Å². The van der Waals surface area contributed by atoms with E-state index in [1.807, 2.05) is 32.9 Å². The lowest BCUT2D eigenvalue weighted by molar-refractivity contribution is -0.284. The molecule has 0 radical (unpaired) electrons. The highest BCUT2D eigenvalue weighted by atomic mass is 19.4. The van der Waals surface area contributed by atoms with Gasteiger partial charge in [-0.1, -0.05) is 29.8 Å². The number of benzene rings is 2. The van der Waals surface area contributed by atoms with Gasteiger partial charge in [0.05, 0.1) is 6.54 Å². The summed E-state index contributed by atoms with van der Waals surface area (Å²) in [7, 11) is 0. The summed E-state index contributed by atoms with van der Waals surface area (Å²) in [5.41, 5.74) is 3.98. The number of urea groups is 1. The number of rotatable bonds is 15. The molecule has 41 heavy (non-hydrogen) atoms. The number of carbonyl (C=O) groups is 2. The first-order chi connectivity index (χ1) is 19.1. The van der Waals surface area contributed by atoms with Crippen LogP contribution in [-0.4, -0.2) is 66.5 Å². The first kappa shape index (κ1) is 33.8. The van der Waals surface area contributed by atoms with Crippen molar-refractivity contribution >= 4 is 17.7 Å². The number of aliphatic carboxylic acids is 1. The predicted molar refractivity (Wildman–Crippen MR) is 145 cm³/mol. The van der Waals surface area contributed by atoms with Crippen molar-refractivity contribution in [3.8, 4) is 5.75 Å². The molecule has 2 aromatic carbocycles. The molecule has 0 aromatic heterocycles. The lowest BCUT2D eigenvalue weighted by Gasteiger charge is -2.25. The van der Waals surface area contributed by atoms with Gasteiger partial charge in [0.2, 0.25) is 0 Å². The predicted octanol–water partition coefficient (Wildman–Crippen LogP) is 6.92. The van der Waals surface area contributed by atoms with Crippen molar-refractivity contribution in [3.63, 3.8) is 0 Å². The number of carboxylic acids is 1. The van der Waals surface area contributed by atoms with E-state index in [1.54, 1.807) is 31.2 Å². The molecule has 12 heteroatoms. The Balaban J connectivity index is 2.04. The molecule has 2 amide bonds. The van der Waals surface area contributed by atoms with Crippen molar-refractivity contribution in [3.05, 3.63) is 58.7 Å².